The molecule has 0 unspecified atom stereocenters. The van der Waals surface area contributed by atoms with E-state index in [-0.39, 0.29) is 18.0 Å². The zero-order valence-corrected chi connectivity index (χ0v) is 14.5. The number of benzene rings is 2. The van der Waals surface area contributed by atoms with E-state index in [2.05, 4.69) is 16.0 Å². The highest BCUT2D eigenvalue weighted by molar-refractivity contribution is 5.95. The topological polar surface area (TPSA) is 79.5 Å². The normalized spacial score (nSPS) is 16.1. The SMILES string of the molecule is O=C(Nc1ccc(C(=O)NCCc2ccccc2)cc1)N[C@@H]1CCOC1. The Morgan fingerprint density at radius 1 is 1.04 bits per heavy atom. The van der Waals surface area contributed by atoms with E-state index in [0.29, 0.717) is 31.0 Å². The van der Waals surface area contributed by atoms with Crippen molar-refractivity contribution >= 4 is 17.6 Å². The summed E-state index contributed by atoms with van der Waals surface area (Å²) in [5.74, 6) is -0.125. The van der Waals surface area contributed by atoms with Gasteiger partial charge in [-0.3, -0.25) is 4.79 Å². The van der Waals surface area contributed by atoms with Gasteiger partial charge in [0.2, 0.25) is 0 Å². The Labute approximate surface area is 152 Å². The lowest BCUT2D eigenvalue weighted by Crippen LogP contribution is -2.38. The van der Waals surface area contributed by atoms with Gasteiger partial charge in [0.1, 0.15) is 0 Å². The molecule has 2 aromatic carbocycles. The number of anilines is 1. The molecule has 26 heavy (non-hydrogen) atoms. The van der Waals surface area contributed by atoms with Gasteiger partial charge in [-0.2, -0.15) is 0 Å². The molecule has 1 aliphatic heterocycles. The van der Waals surface area contributed by atoms with E-state index in [1.807, 2.05) is 30.3 Å². The van der Waals surface area contributed by atoms with Gasteiger partial charge in [0.15, 0.2) is 0 Å². The summed E-state index contributed by atoms with van der Waals surface area (Å²) in [4.78, 5) is 24.1. The number of hydrogen-bond acceptors (Lipinski definition) is 3. The lowest BCUT2D eigenvalue weighted by atomic mass is 10.1. The average Bonchev–Trinajstić information content (AvgIpc) is 3.16. The molecule has 6 nitrogen and oxygen atoms in total. The van der Waals surface area contributed by atoms with Gasteiger partial charge in [0.05, 0.1) is 12.6 Å². The van der Waals surface area contributed by atoms with E-state index in [1.165, 1.54) is 5.56 Å². The molecule has 0 saturated carbocycles. The maximum Gasteiger partial charge on any atom is 0.319 e. The third kappa shape index (κ3) is 5.32. The van der Waals surface area contributed by atoms with Crippen molar-refractivity contribution in [2.75, 3.05) is 25.1 Å². The van der Waals surface area contributed by atoms with E-state index in [0.717, 1.165) is 12.8 Å². The van der Waals surface area contributed by atoms with Crippen molar-refractivity contribution in [3.63, 3.8) is 0 Å². The molecule has 2 aromatic rings. The first kappa shape index (κ1) is 17.9. The summed E-state index contributed by atoms with van der Waals surface area (Å²) in [5, 5.41) is 8.52. The lowest BCUT2D eigenvalue weighted by molar-refractivity contribution is 0.0954. The lowest BCUT2D eigenvalue weighted by Gasteiger charge is -2.12. The second-order valence-electron chi connectivity index (χ2n) is 6.23. The van der Waals surface area contributed by atoms with E-state index in [4.69, 9.17) is 4.74 Å². The summed E-state index contributed by atoms with van der Waals surface area (Å²) in [5.41, 5.74) is 2.39. The molecule has 3 N–H and O–H groups in total. The molecule has 0 bridgehead atoms. The van der Waals surface area contributed by atoms with Gasteiger partial charge in [-0.15, -0.1) is 0 Å². The third-order valence-electron chi connectivity index (χ3n) is 4.21. The van der Waals surface area contributed by atoms with Gasteiger partial charge in [-0.25, -0.2) is 4.79 Å². The summed E-state index contributed by atoms with van der Waals surface area (Å²) in [6, 6.07) is 16.7. The molecule has 1 fully saturated rings. The van der Waals surface area contributed by atoms with E-state index in [9.17, 15) is 9.59 Å². The fraction of sp³-hybridized carbons (Fsp3) is 0.300. The maximum atomic E-state index is 12.2. The van der Waals surface area contributed by atoms with Crippen LogP contribution < -0.4 is 16.0 Å². The minimum absolute atomic E-state index is 0.0599. The third-order valence-corrected chi connectivity index (χ3v) is 4.21. The smallest absolute Gasteiger partial charge is 0.319 e. The largest absolute Gasteiger partial charge is 0.379 e. The van der Waals surface area contributed by atoms with Crippen LogP contribution in [0.5, 0.6) is 0 Å². The monoisotopic (exact) mass is 353 g/mol. The fourth-order valence-corrected chi connectivity index (χ4v) is 2.77. The Bertz CT molecular complexity index is 726. The molecular formula is C20H23N3O3. The Hall–Kier alpha value is -2.86. The summed E-state index contributed by atoms with van der Waals surface area (Å²) in [6.45, 7) is 1.81. The molecule has 1 heterocycles. The number of carbonyl (C=O) groups excluding carboxylic acids is 2. The van der Waals surface area contributed by atoms with Crippen LogP contribution in [0.15, 0.2) is 54.6 Å². The summed E-state index contributed by atoms with van der Waals surface area (Å²) in [6.07, 6.45) is 1.62. The van der Waals surface area contributed by atoms with Crippen molar-refractivity contribution in [1.29, 1.82) is 0 Å². The van der Waals surface area contributed by atoms with Crippen molar-refractivity contribution in [2.24, 2.45) is 0 Å². The summed E-state index contributed by atoms with van der Waals surface area (Å²) in [7, 11) is 0. The number of amides is 3. The van der Waals surface area contributed by atoms with Crippen molar-refractivity contribution < 1.29 is 14.3 Å². The first-order valence-corrected chi connectivity index (χ1v) is 8.78. The Morgan fingerprint density at radius 2 is 1.81 bits per heavy atom. The highest BCUT2D eigenvalue weighted by Crippen LogP contribution is 2.10. The van der Waals surface area contributed by atoms with Gasteiger partial charge in [-0.1, -0.05) is 30.3 Å². The number of rotatable bonds is 6. The number of ether oxygens (including phenoxy) is 1. The van der Waals surface area contributed by atoms with Crippen LogP contribution in [0.3, 0.4) is 0 Å². The van der Waals surface area contributed by atoms with E-state index in [1.54, 1.807) is 24.3 Å². The molecule has 0 aromatic heterocycles. The first-order chi connectivity index (χ1) is 12.7. The summed E-state index contributed by atoms with van der Waals surface area (Å²) >= 11 is 0. The fourth-order valence-electron chi connectivity index (χ4n) is 2.77. The van der Waals surface area contributed by atoms with Crippen LogP contribution in [-0.4, -0.2) is 37.7 Å². The minimum Gasteiger partial charge on any atom is -0.379 e. The predicted octanol–water partition coefficient (Wildman–Crippen LogP) is 2.57. The minimum atomic E-state index is -0.263. The average molecular weight is 353 g/mol. The van der Waals surface area contributed by atoms with Crippen LogP contribution in [0.1, 0.15) is 22.3 Å². The zero-order chi connectivity index (χ0) is 18.2. The van der Waals surface area contributed by atoms with Gasteiger partial charge in [-0.05, 0) is 42.7 Å². The van der Waals surface area contributed by atoms with Crippen LogP contribution in [0.4, 0.5) is 10.5 Å². The van der Waals surface area contributed by atoms with Crippen molar-refractivity contribution in [1.82, 2.24) is 10.6 Å². The van der Waals surface area contributed by atoms with Gasteiger partial charge < -0.3 is 20.7 Å². The molecular weight excluding hydrogens is 330 g/mol. The molecule has 6 heteroatoms. The summed E-state index contributed by atoms with van der Waals surface area (Å²) < 4.78 is 5.22. The van der Waals surface area contributed by atoms with Crippen molar-refractivity contribution in [2.45, 2.75) is 18.9 Å². The highest BCUT2D eigenvalue weighted by atomic mass is 16.5. The molecule has 3 rings (SSSR count). The molecule has 0 spiro atoms. The molecule has 136 valence electrons. The van der Waals surface area contributed by atoms with E-state index >= 15 is 0 Å². The van der Waals surface area contributed by atoms with Gasteiger partial charge in [0.25, 0.3) is 5.91 Å². The Balaban J connectivity index is 1.44. The predicted molar refractivity (Wildman–Crippen MR) is 100 cm³/mol. The van der Waals surface area contributed by atoms with Gasteiger partial charge in [0, 0.05) is 24.4 Å². The molecule has 0 aliphatic carbocycles. The molecule has 1 aliphatic rings. The maximum absolute atomic E-state index is 12.2. The highest BCUT2D eigenvalue weighted by Gasteiger charge is 2.17. The second kappa shape index (κ2) is 9.01. The molecule has 3 amide bonds. The number of nitrogens with one attached hydrogen (secondary N) is 3. The van der Waals surface area contributed by atoms with Crippen molar-refractivity contribution in [3.8, 4) is 0 Å². The molecule has 1 saturated heterocycles. The number of hydrogen-bond donors (Lipinski definition) is 3. The number of carbonyl (C=O) groups is 2. The molecule has 1 atom stereocenters. The van der Waals surface area contributed by atoms with Crippen LogP contribution in [0.25, 0.3) is 0 Å². The van der Waals surface area contributed by atoms with Crippen LogP contribution in [0.2, 0.25) is 0 Å². The quantitative estimate of drug-likeness (QED) is 0.747. The second-order valence-corrected chi connectivity index (χ2v) is 6.23. The Morgan fingerprint density at radius 3 is 2.50 bits per heavy atom. The van der Waals surface area contributed by atoms with Crippen LogP contribution >= 0.6 is 0 Å². The first-order valence-electron chi connectivity index (χ1n) is 8.78. The van der Waals surface area contributed by atoms with E-state index < -0.39 is 0 Å². The molecule has 0 radical (unpaired) electrons. The number of urea groups is 1. The van der Waals surface area contributed by atoms with Crippen molar-refractivity contribution in [3.05, 3.63) is 65.7 Å². The Kier molecular flexibility index (Phi) is 6.22. The van der Waals surface area contributed by atoms with Crippen LogP contribution in [-0.2, 0) is 11.2 Å². The van der Waals surface area contributed by atoms with Crippen LogP contribution in [0, 0.1) is 0 Å². The van der Waals surface area contributed by atoms with Gasteiger partial charge >= 0.3 is 6.03 Å². The zero-order valence-electron chi connectivity index (χ0n) is 14.5. The standard InChI is InChI=1S/C20H23N3O3/c24-19(21-12-10-15-4-2-1-3-5-15)16-6-8-17(9-7-16)22-20(25)23-18-11-13-26-14-18/h1-9,18H,10-14H2,(H,21,24)(H2,22,23,25)/t18-/m1/s1.